The van der Waals surface area contributed by atoms with Gasteiger partial charge in [-0.25, -0.2) is 4.39 Å². The number of rotatable bonds is 1. The van der Waals surface area contributed by atoms with E-state index in [9.17, 15) is 23.9 Å². The molecule has 9 heteroatoms. The van der Waals surface area contributed by atoms with Crippen LogP contribution < -0.4 is 16.0 Å². The van der Waals surface area contributed by atoms with E-state index in [-0.39, 0.29) is 52.6 Å². The van der Waals surface area contributed by atoms with Gasteiger partial charge in [0.2, 0.25) is 11.8 Å². The second-order valence-electron chi connectivity index (χ2n) is 10.6. The highest BCUT2D eigenvalue weighted by Gasteiger charge is 2.28. The third-order valence-electron chi connectivity index (χ3n) is 7.73. The fraction of sp³-hybridized carbons (Fsp3) is 0.344. The summed E-state index contributed by atoms with van der Waals surface area (Å²) >= 11 is 0. The van der Waals surface area contributed by atoms with E-state index >= 15 is 0 Å². The number of aromatic hydroxyl groups is 1. The Bertz CT molecular complexity index is 1440. The third kappa shape index (κ3) is 6.92. The number of amides is 3. The summed E-state index contributed by atoms with van der Waals surface area (Å²) in [6.07, 6.45) is 2.40. The van der Waals surface area contributed by atoms with Crippen molar-refractivity contribution >= 4 is 17.7 Å². The summed E-state index contributed by atoms with van der Waals surface area (Å²) in [6, 6.07) is 16.7. The van der Waals surface area contributed by atoms with Gasteiger partial charge in [0.15, 0.2) is 0 Å². The molecular weight excluding hydrogens is 523 g/mol. The van der Waals surface area contributed by atoms with Crippen LogP contribution in [-0.2, 0) is 29.0 Å². The number of fused-ring (bicyclic) bond motifs is 6. The molecule has 4 N–H and O–H groups in total. The zero-order valence-electron chi connectivity index (χ0n) is 22.9. The fourth-order valence-corrected chi connectivity index (χ4v) is 5.45. The number of phenols is 1. The van der Waals surface area contributed by atoms with E-state index in [4.69, 9.17) is 0 Å². The van der Waals surface area contributed by atoms with Crippen molar-refractivity contribution in [1.29, 1.82) is 0 Å². The Morgan fingerprint density at radius 3 is 2.54 bits per heavy atom. The van der Waals surface area contributed by atoms with Gasteiger partial charge in [0.1, 0.15) is 11.6 Å². The molecular formula is C32H35FN4O4. The maximum absolute atomic E-state index is 14.8. The number of phenolic OH excluding ortho intramolecular Hbond substituents is 1. The fourth-order valence-electron chi connectivity index (χ4n) is 5.45. The normalized spacial score (nSPS) is 18.7. The summed E-state index contributed by atoms with van der Waals surface area (Å²) in [5.74, 6) is -1.13. The van der Waals surface area contributed by atoms with Gasteiger partial charge in [-0.15, -0.1) is 0 Å². The highest BCUT2D eigenvalue weighted by molar-refractivity contribution is 5.95. The Hall–Kier alpha value is -4.24. The molecule has 0 unspecified atom stereocenters. The van der Waals surface area contributed by atoms with Crippen molar-refractivity contribution in [3.63, 3.8) is 0 Å². The number of carbonyl (C=O) groups is 3. The summed E-state index contributed by atoms with van der Waals surface area (Å²) < 4.78 is 14.8. The third-order valence-corrected chi connectivity index (χ3v) is 7.73. The van der Waals surface area contributed by atoms with Crippen LogP contribution in [0.15, 0.2) is 60.7 Å². The second kappa shape index (κ2) is 13.0. The minimum atomic E-state index is -0.554. The number of nitrogens with one attached hydrogen (secondary N) is 3. The van der Waals surface area contributed by atoms with Crippen molar-refractivity contribution in [2.45, 2.75) is 44.7 Å². The van der Waals surface area contributed by atoms with Crippen molar-refractivity contribution < 1.29 is 23.9 Å². The molecule has 0 radical (unpaired) electrons. The van der Waals surface area contributed by atoms with Gasteiger partial charge in [0.05, 0.1) is 6.04 Å². The minimum Gasteiger partial charge on any atom is -0.507 e. The standard InChI is InChI=1S/C32H35FN4O4/c33-27-10-9-23-18-25(27)26-17-21(8-11-29(26)38)12-14-34-30(39)7-3-15-37(16-4-13-35-31(23)40)32(41)28-19-22-5-1-2-6-24(22)20-36-28/h1-2,5-6,8-11,17-18,28,36,38H,3-4,7,12-16,19-20H2,(H,34,39)(H,35,40)/t28-/m1/s1. The van der Waals surface area contributed by atoms with Crippen molar-refractivity contribution in [2.24, 2.45) is 0 Å². The van der Waals surface area contributed by atoms with Gasteiger partial charge < -0.3 is 26.0 Å². The van der Waals surface area contributed by atoms with Crippen molar-refractivity contribution in [3.05, 3.63) is 88.7 Å². The Labute approximate surface area is 238 Å². The maximum Gasteiger partial charge on any atom is 0.251 e. The summed E-state index contributed by atoms with van der Waals surface area (Å²) in [5, 5.41) is 19.6. The Morgan fingerprint density at radius 1 is 0.878 bits per heavy atom. The quantitative estimate of drug-likeness (QED) is 0.366. The van der Waals surface area contributed by atoms with Gasteiger partial charge in [-0.3, -0.25) is 14.4 Å². The summed E-state index contributed by atoms with van der Waals surface area (Å²) in [4.78, 5) is 40.8. The Balaban J connectivity index is 1.32. The molecule has 0 aromatic heterocycles. The molecule has 2 aliphatic heterocycles. The van der Waals surface area contributed by atoms with Gasteiger partial charge in [-0.05, 0) is 72.7 Å². The first-order chi connectivity index (χ1) is 19.9. The van der Waals surface area contributed by atoms with E-state index in [1.165, 1.54) is 29.8 Å². The molecule has 0 aliphatic carbocycles. The number of hydrogen-bond acceptors (Lipinski definition) is 5. The number of carbonyl (C=O) groups excluding carboxylic acids is 3. The lowest BCUT2D eigenvalue weighted by Gasteiger charge is -2.31. The predicted octanol–water partition coefficient (Wildman–Crippen LogP) is 3.31. The first kappa shape index (κ1) is 28.3. The molecule has 0 saturated heterocycles. The molecule has 3 aromatic rings. The number of hydrogen-bond donors (Lipinski definition) is 4. The molecule has 214 valence electrons. The lowest BCUT2D eigenvalue weighted by atomic mass is 9.95. The lowest BCUT2D eigenvalue weighted by molar-refractivity contribution is -0.134. The first-order valence-corrected chi connectivity index (χ1v) is 14.1. The van der Waals surface area contributed by atoms with Gasteiger partial charge in [0.25, 0.3) is 5.91 Å². The highest BCUT2D eigenvalue weighted by atomic mass is 19.1. The van der Waals surface area contributed by atoms with E-state index in [2.05, 4.69) is 28.1 Å². The summed E-state index contributed by atoms with van der Waals surface area (Å²) in [7, 11) is 0. The van der Waals surface area contributed by atoms with E-state index < -0.39 is 5.82 Å². The van der Waals surface area contributed by atoms with Crippen molar-refractivity contribution in [2.75, 3.05) is 26.2 Å². The molecule has 2 heterocycles. The Kier molecular flexibility index (Phi) is 8.94. The van der Waals surface area contributed by atoms with Crippen LogP contribution in [0.25, 0.3) is 11.1 Å². The monoisotopic (exact) mass is 558 g/mol. The zero-order valence-corrected chi connectivity index (χ0v) is 22.9. The largest absolute Gasteiger partial charge is 0.507 e. The number of benzene rings is 3. The van der Waals surface area contributed by atoms with Crippen LogP contribution in [0.2, 0.25) is 0 Å². The van der Waals surface area contributed by atoms with Gasteiger partial charge in [0, 0.05) is 55.8 Å². The van der Waals surface area contributed by atoms with Crippen LogP contribution in [0.5, 0.6) is 5.75 Å². The Morgan fingerprint density at radius 2 is 1.68 bits per heavy atom. The van der Waals surface area contributed by atoms with E-state index in [0.717, 1.165) is 11.1 Å². The first-order valence-electron chi connectivity index (χ1n) is 14.1. The van der Waals surface area contributed by atoms with E-state index in [1.807, 2.05) is 12.1 Å². The molecule has 0 spiro atoms. The molecule has 3 amide bonds. The molecule has 5 rings (SSSR count). The SMILES string of the molecule is O=C1CCCN(C(=O)[C@H]2Cc3ccccc3CN2)CCCNC(=O)c2ccc(F)c(c2)-c2cc(ccc2O)CCN1. The van der Waals surface area contributed by atoms with Crippen LogP contribution in [0.3, 0.4) is 0 Å². The topological polar surface area (TPSA) is 111 Å². The maximum atomic E-state index is 14.8. The summed E-state index contributed by atoms with van der Waals surface area (Å²) in [5.41, 5.74) is 3.84. The number of nitrogens with zero attached hydrogens (tertiary/aromatic N) is 1. The van der Waals surface area contributed by atoms with Crippen molar-refractivity contribution in [3.8, 4) is 16.9 Å². The molecule has 8 nitrogen and oxygen atoms in total. The van der Waals surface area contributed by atoms with E-state index in [0.29, 0.717) is 58.4 Å². The van der Waals surface area contributed by atoms with Crippen molar-refractivity contribution in [1.82, 2.24) is 20.9 Å². The van der Waals surface area contributed by atoms with Crippen LogP contribution in [-0.4, -0.2) is 59.9 Å². The lowest BCUT2D eigenvalue weighted by Crippen LogP contribution is -2.50. The molecule has 4 bridgehead atoms. The predicted molar refractivity (Wildman–Crippen MR) is 154 cm³/mol. The summed E-state index contributed by atoms with van der Waals surface area (Å²) in [6.45, 7) is 2.18. The van der Waals surface area contributed by atoms with E-state index in [1.54, 1.807) is 17.0 Å². The van der Waals surface area contributed by atoms with Crippen LogP contribution in [0, 0.1) is 5.82 Å². The van der Waals surface area contributed by atoms with Gasteiger partial charge in [-0.1, -0.05) is 30.3 Å². The van der Waals surface area contributed by atoms with Crippen LogP contribution >= 0.6 is 0 Å². The second-order valence-corrected chi connectivity index (χ2v) is 10.6. The molecule has 3 aromatic carbocycles. The molecule has 0 fully saturated rings. The smallest absolute Gasteiger partial charge is 0.251 e. The average molecular weight is 559 g/mol. The molecule has 2 aliphatic rings. The molecule has 1 atom stereocenters. The van der Waals surface area contributed by atoms with Gasteiger partial charge >= 0.3 is 0 Å². The number of halogens is 1. The zero-order chi connectivity index (χ0) is 28.8. The van der Waals surface area contributed by atoms with Gasteiger partial charge in [-0.2, -0.15) is 0 Å². The molecule has 41 heavy (non-hydrogen) atoms. The minimum absolute atomic E-state index is 0.0145. The molecule has 0 saturated carbocycles. The average Bonchev–Trinajstić information content (AvgIpc) is 2.98. The van der Waals surface area contributed by atoms with Crippen LogP contribution in [0.1, 0.15) is 46.3 Å². The highest BCUT2D eigenvalue weighted by Crippen LogP contribution is 2.33. The van der Waals surface area contributed by atoms with Crippen LogP contribution in [0.4, 0.5) is 4.39 Å².